The van der Waals surface area contributed by atoms with Gasteiger partial charge in [-0.1, -0.05) is 42.0 Å². The number of benzene rings is 2. The Bertz CT molecular complexity index is 581. The summed E-state index contributed by atoms with van der Waals surface area (Å²) in [4.78, 5) is 0. The average Bonchev–Trinajstić information content (AvgIpc) is 2.48. The topological polar surface area (TPSA) is 47.3 Å². The molecule has 3 nitrogen and oxygen atoms in total. The molecule has 3 N–H and O–H groups in total. The summed E-state index contributed by atoms with van der Waals surface area (Å²) in [5.74, 6) is 6.62. The lowest BCUT2D eigenvalue weighted by molar-refractivity contribution is 0.399. The number of para-hydroxylation sites is 1. The second-order valence-corrected chi connectivity index (χ2v) is 5.10. The van der Waals surface area contributed by atoms with Gasteiger partial charge in [0.1, 0.15) is 5.75 Å². The summed E-state index contributed by atoms with van der Waals surface area (Å²) >= 11 is 0. The van der Waals surface area contributed by atoms with Gasteiger partial charge in [-0.05, 0) is 37.5 Å². The molecule has 0 saturated heterocycles. The van der Waals surface area contributed by atoms with Gasteiger partial charge in [0.05, 0.1) is 13.2 Å². The molecular weight excluding hydrogens is 248 g/mol. The first-order valence-corrected chi connectivity index (χ1v) is 6.81. The number of nitrogens with two attached hydrogens (primary N) is 1. The summed E-state index contributed by atoms with van der Waals surface area (Å²) < 4.78 is 5.42. The van der Waals surface area contributed by atoms with Crippen molar-refractivity contribution in [2.24, 2.45) is 5.84 Å². The van der Waals surface area contributed by atoms with Crippen molar-refractivity contribution in [3.8, 4) is 5.75 Å². The van der Waals surface area contributed by atoms with Crippen LogP contribution in [-0.4, -0.2) is 7.11 Å². The first kappa shape index (κ1) is 14.6. The van der Waals surface area contributed by atoms with E-state index in [4.69, 9.17) is 10.6 Å². The number of methoxy groups -OCH3 is 1. The van der Waals surface area contributed by atoms with Gasteiger partial charge in [0.15, 0.2) is 0 Å². The monoisotopic (exact) mass is 270 g/mol. The molecule has 0 aliphatic heterocycles. The SMILES string of the molecule is COc1ccccc1C(Cc1cc(C)ccc1C)NN. The summed E-state index contributed by atoms with van der Waals surface area (Å²) in [5, 5.41) is 0. The van der Waals surface area contributed by atoms with E-state index in [0.29, 0.717) is 0 Å². The number of hydrogen-bond acceptors (Lipinski definition) is 3. The van der Waals surface area contributed by atoms with Crippen LogP contribution in [0.1, 0.15) is 28.3 Å². The largest absolute Gasteiger partial charge is 0.496 e. The Hall–Kier alpha value is -1.84. The molecule has 0 aromatic heterocycles. The van der Waals surface area contributed by atoms with Gasteiger partial charge in [-0.2, -0.15) is 0 Å². The van der Waals surface area contributed by atoms with E-state index < -0.39 is 0 Å². The fourth-order valence-electron chi connectivity index (χ4n) is 2.45. The van der Waals surface area contributed by atoms with E-state index in [0.717, 1.165) is 17.7 Å². The van der Waals surface area contributed by atoms with Crippen LogP contribution in [0.15, 0.2) is 42.5 Å². The molecule has 2 aromatic rings. The highest BCUT2D eigenvalue weighted by Gasteiger charge is 2.16. The third kappa shape index (κ3) is 3.18. The van der Waals surface area contributed by atoms with Crippen LogP contribution in [0.3, 0.4) is 0 Å². The Morgan fingerprint density at radius 1 is 1.15 bits per heavy atom. The molecule has 106 valence electrons. The fourth-order valence-corrected chi connectivity index (χ4v) is 2.45. The van der Waals surface area contributed by atoms with Crippen LogP contribution in [0, 0.1) is 13.8 Å². The van der Waals surface area contributed by atoms with E-state index in [-0.39, 0.29) is 6.04 Å². The second-order valence-electron chi connectivity index (χ2n) is 5.10. The van der Waals surface area contributed by atoms with Crippen LogP contribution in [0.25, 0.3) is 0 Å². The molecule has 3 heteroatoms. The number of aryl methyl sites for hydroxylation is 2. The average molecular weight is 270 g/mol. The van der Waals surface area contributed by atoms with Crippen molar-refractivity contribution in [3.05, 3.63) is 64.7 Å². The van der Waals surface area contributed by atoms with Gasteiger partial charge >= 0.3 is 0 Å². The summed E-state index contributed by atoms with van der Waals surface area (Å²) in [7, 11) is 1.68. The molecule has 2 rings (SSSR count). The van der Waals surface area contributed by atoms with Crippen molar-refractivity contribution in [3.63, 3.8) is 0 Å². The second kappa shape index (κ2) is 6.55. The van der Waals surface area contributed by atoms with Crippen molar-refractivity contribution >= 4 is 0 Å². The minimum atomic E-state index is 0.0339. The van der Waals surface area contributed by atoms with Crippen LogP contribution in [0.5, 0.6) is 5.75 Å². The number of hydrazine groups is 1. The maximum absolute atomic E-state index is 5.76. The van der Waals surface area contributed by atoms with Crippen LogP contribution in [-0.2, 0) is 6.42 Å². The molecule has 0 saturated carbocycles. The molecular formula is C17H22N2O. The van der Waals surface area contributed by atoms with Crippen molar-refractivity contribution in [1.29, 1.82) is 0 Å². The van der Waals surface area contributed by atoms with Gasteiger partial charge in [-0.3, -0.25) is 11.3 Å². The van der Waals surface area contributed by atoms with Crippen LogP contribution in [0.4, 0.5) is 0 Å². The predicted octanol–water partition coefficient (Wildman–Crippen LogP) is 3.06. The number of rotatable bonds is 5. The third-order valence-corrected chi connectivity index (χ3v) is 3.64. The highest BCUT2D eigenvalue weighted by molar-refractivity contribution is 5.38. The Balaban J connectivity index is 2.31. The van der Waals surface area contributed by atoms with Crippen LogP contribution >= 0.6 is 0 Å². The van der Waals surface area contributed by atoms with E-state index in [1.807, 2.05) is 18.2 Å². The summed E-state index contributed by atoms with van der Waals surface area (Å²) in [6.07, 6.45) is 0.838. The molecule has 0 aliphatic carbocycles. The van der Waals surface area contributed by atoms with Crippen molar-refractivity contribution < 1.29 is 4.74 Å². The molecule has 0 amide bonds. The first-order valence-electron chi connectivity index (χ1n) is 6.81. The van der Waals surface area contributed by atoms with Gasteiger partial charge < -0.3 is 4.74 Å². The van der Waals surface area contributed by atoms with Gasteiger partial charge in [-0.15, -0.1) is 0 Å². The summed E-state index contributed by atoms with van der Waals surface area (Å²) in [5.41, 5.74) is 7.84. The zero-order valence-electron chi connectivity index (χ0n) is 12.3. The molecule has 20 heavy (non-hydrogen) atoms. The lowest BCUT2D eigenvalue weighted by Gasteiger charge is -2.20. The van der Waals surface area contributed by atoms with Crippen LogP contribution < -0.4 is 16.0 Å². The minimum absolute atomic E-state index is 0.0339. The third-order valence-electron chi connectivity index (χ3n) is 3.64. The molecule has 2 aromatic carbocycles. The fraction of sp³-hybridized carbons (Fsp3) is 0.294. The highest BCUT2D eigenvalue weighted by Crippen LogP contribution is 2.28. The molecule has 1 atom stereocenters. The van der Waals surface area contributed by atoms with E-state index in [2.05, 4.69) is 43.5 Å². The van der Waals surface area contributed by atoms with Crippen molar-refractivity contribution in [1.82, 2.24) is 5.43 Å². The normalized spacial score (nSPS) is 12.2. The maximum atomic E-state index is 5.76. The lowest BCUT2D eigenvalue weighted by atomic mass is 9.95. The van der Waals surface area contributed by atoms with Gasteiger partial charge in [0, 0.05) is 5.56 Å². The minimum Gasteiger partial charge on any atom is -0.496 e. The maximum Gasteiger partial charge on any atom is 0.123 e. The van der Waals surface area contributed by atoms with E-state index in [1.165, 1.54) is 16.7 Å². The van der Waals surface area contributed by atoms with E-state index in [9.17, 15) is 0 Å². The van der Waals surface area contributed by atoms with Crippen molar-refractivity contribution in [2.45, 2.75) is 26.3 Å². The smallest absolute Gasteiger partial charge is 0.123 e. The number of ether oxygens (including phenoxy) is 1. The highest BCUT2D eigenvalue weighted by atomic mass is 16.5. The molecule has 0 bridgehead atoms. The lowest BCUT2D eigenvalue weighted by Crippen LogP contribution is -2.30. The molecule has 0 heterocycles. The number of hydrogen-bond donors (Lipinski definition) is 2. The first-order chi connectivity index (χ1) is 9.65. The Labute approximate surface area is 120 Å². The number of nitrogens with one attached hydrogen (secondary N) is 1. The summed E-state index contributed by atoms with van der Waals surface area (Å²) in [6.45, 7) is 4.24. The zero-order valence-corrected chi connectivity index (χ0v) is 12.3. The van der Waals surface area contributed by atoms with Crippen LogP contribution in [0.2, 0.25) is 0 Å². The molecule has 0 fully saturated rings. The molecule has 1 unspecified atom stereocenters. The molecule has 0 radical (unpaired) electrons. The van der Waals surface area contributed by atoms with E-state index >= 15 is 0 Å². The van der Waals surface area contributed by atoms with Gasteiger partial charge in [0.25, 0.3) is 0 Å². The quantitative estimate of drug-likeness (QED) is 0.648. The predicted molar refractivity (Wildman–Crippen MR) is 82.7 cm³/mol. The Morgan fingerprint density at radius 3 is 2.60 bits per heavy atom. The van der Waals surface area contributed by atoms with Gasteiger partial charge in [0.2, 0.25) is 0 Å². The zero-order chi connectivity index (χ0) is 14.5. The Morgan fingerprint density at radius 2 is 1.90 bits per heavy atom. The van der Waals surface area contributed by atoms with Gasteiger partial charge in [-0.25, -0.2) is 0 Å². The van der Waals surface area contributed by atoms with E-state index in [1.54, 1.807) is 7.11 Å². The molecule has 0 spiro atoms. The molecule has 0 aliphatic rings. The standard InChI is InChI=1S/C17H22N2O/c1-12-8-9-13(2)14(10-12)11-16(19-18)15-6-4-5-7-17(15)20-3/h4-10,16,19H,11,18H2,1-3H3. The van der Waals surface area contributed by atoms with Crippen molar-refractivity contribution in [2.75, 3.05) is 7.11 Å². The summed E-state index contributed by atoms with van der Waals surface area (Å²) in [6, 6.07) is 14.5. The Kier molecular flexibility index (Phi) is 4.77.